The smallest absolute Gasteiger partial charge is 0.314 e. The number of carboxylic acid groups (broad SMARTS) is 1. The largest absolute Gasteiger partial charge is 0.508 e. The molecule has 2 N–H and O–H groups in total. The topological polar surface area (TPSA) is 66.8 Å². The van der Waals surface area contributed by atoms with Gasteiger partial charge in [0.1, 0.15) is 24.0 Å². The van der Waals surface area contributed by atoms with Crippen LogP contribution in [-0.4, -0.2) is 22.8 Å². The summed E-state index contributed by atoms with van der Waals surface area (Å²) >= 11 is 0. The molecule has 104 valence electrons. The second-order valence-electron chi connectivity index (χ2n) is 4.61. The van der Waals surface area contributed by atoms with Gasteiger partial charge in [0.15, 0.2) is 0 Å². The normalized spacial score (nSPS) is 11.8. The van der Waals surface area contributed by atoms with Crippen LogP contribution < -0.4 is 4.74 Å². The molecule has 0 spiro atoms. The highest BCUT2D eigenvalue weighted by Crippen LogP contribution is 2.22. The maximum atomic E-state index is 11.3. The van der Waals surface area contributed by atoms with Gasteiger partial charge in [-0.05, 0) is 42.3 Å². The number of aryl methyl sites for hydroxylation is 1. The molecule has 20 heavy (non-hydrogen) atoms. The third-order valence-corrected chi connectivity index (χ3v) is 2.98. The number of phenolic OH excluding ortho intramolecular Hbond substituents is 1. The van der Waals surface area contributed by atoms with E-state index in [2.05, 4.69) is 0 Å². The number of phenols is 1. The molecule has 2 aromatic carbocycles. The summed E-state index contributed by atoms with van der Waals surface area (Å²) in [5.41, 5.74) is 1.57. The molecule has 4 nitrogen and oxygen atoms in total. The van der Waals surface area contributed by atoms with E-state index in [1.165, 1.54) is 12.1 Å². The fraction of sp³-hybridized carbons (Fsp3) is 0.188. The molecule has 0 aliphatic rings. The fourth-order valence-corrected chi connectivity index (χ4v) is 1.94. The Kier molecular flexibility index (Phi) is 4.25. The van der Waals surface area contributed by atoms with E-state index in [0.29, 0.717) is 11.3 Å². The van der Waals surface area contributed by atoms with E-state index in [1.54, 1.807) is 18.2 Å². The van der Waals surface area contributed by atoms with Gasteiger partial charge in [-0.2, -0.15) is 0 Å². The molecule has 2 rings (SSSR count). The summed E-state index contributed by atoms with van der Waals surface area (Å²) in [5.74, 6) is -1.12. The van der Waals surface area contributed by atoms with E-state index in [-0.39, 0.29) is 12.4 Å². The minimum Gasteiger partial charge on any atom is -0.508 e. The molecule has 0 amide bonds. The molecular weight excluding hydrogens is 256 g/mol. The Labute approximate surface area is 117 Å². The predicted molar refractivity (Wildman–Crippen MR) is 75.2 cm³/mol. The Morgan fingerprint density at radius 3 is 2.60 bits per heavy atom. The molecule has 1 atom stereocenters. The van der Waals surface area contributed by atoms with Crippen LogP contribution in [0.2, 0.25) is 0 Å². The van der Waals surface area contributed by atoms with Crippen molar-refractivity contribution in [2.45, 2.75) is 12.8 Å². The first kappa shape index (κ1) is 13.9. The van der Waals surface area contributed by atoms with Crippen molar-refractivity contribution in [2.24, 2.45) is 0 Å². The van der Waals surface area contributed by atoms with Crippen LogP contribution in [0.1, 0.15) is 17.0 Å². The number of aromatic hydroxyl groups is 1. The van der Waals surface area contributed by atoms with Crippen molar-refractivity contribution >= 4 is 5.97 Å². The highest BCUT2D eigenvalue weighted by atomic mass is 16.5. The Hall–Kier alpha value is -2.49. The van der Waals surface area contributed by atoms with Crippen molar-refractivity contribution in [3.63, 3.8) is 0 Å². The molecule has 2 aromatic rings. The van der Waals surface area contributed by atoms with Crippen molar-refractivity contribution in [1.29, 1.82) is 0 Å². The number of rotatable bonds is 5. The van der Waals surface area contributed by atoms with Crippen LogP contribution in [-0.2, 0) is 4.79 Å². The third-order valence-electron chi connectivity index (χ3n) is 2.98. The molecule has 1 unspecified atom stereocenters. The summed E-state index contributed by atoms with van der Waals surface area (Å²) in [4.78, 5) is 11.3. The molecule has 0 aliphatic heterocycles. The van der Waals surface area contributed by atoms with Crippen LogP contribution in [0.25, 0.3) is 0 Å². The van der Waals surface area contributed by atoms with Crippen molar-refractivity contribution in [2.75, 3.05) is 6.61 Å². The van der Waals surface area contributed by atoms with Crippen LogP contribution in [0.4, 0.5) is 0 Å². The molecule has 0 aromatic heterocycles. The molecule has 0 fully saturated rings. The number of benzene rings is 2. The van der Waals surface area contributed by atoms with E-state index in [4.69, 9.17) is 4.74 Å². The Balaban J connectivity index is 2.13. The zero-order chi connectivity index (χ0) is 14.5. The minimum atomic E-state index is -0.983. The average Bonchev–Trinajstić information content (AvgIpc) is 2.38. The van der Waals surface area contributed by atoms with Gasteiger partial charge in [-0.3, -0.25) is 4.79 Å². The Bertz CT molecular complexity index is 607. The molecular formula is C16H16O4. The van der Waals surface area contributed by atoms with Crippen LogP contribution in [0.15, 0.2) is 48.5 Å². The number of ether oxygens (including phenoxy) is 1. The van der Waals surface area contributed by atoms with Gasteiger partial charge in [0, 0.05) is 0 Å². The second-order valence-corrected chi connectivity index (χ2v) is 4.61. The summed E-state index contributed by atoms with van der Waals surface area (Å²) < 4.78 is 5.54. The second kappa shape index (κ2) is 6.10. The standard InChI is InChI=1S/C16H16O4/c1-11-4-2-7-14(8-11)20-10-15(16(18)19)12-5-3-6-13(17)9-12/h2-9,15,17H,10H2,1H3,(H,18,19). The van der Waals surface area contributed by atoms with Gasteiger partial charge in [0.05, 0.1) is 0 Å². The molecule has 0 bridgehead atoms. The van der Waals surface area contributed by atoms with Crippen molar-refractivity contribution in [3.05, 3.63) is 59.7 Å². The summed E-state index contributed by atoms with van der Waals surface area (Å²) in [7, 11) is 0. The fourth-order valence-electron chi connectivity index (χ4n) is 1.94. The number of hydrogen-bond donors (Lipinski definition) is 2. The van der Waals surface area contributed by atoms with E-state index in [0.717, 1.165) is 5.56 Å². The van der Waals surface area contributed by atoms with Gasteiger partial charge in [0.25, 0.3) is 0 Å². The minimum absolute atomic E-state index is 0.0161. The third kappa shape index (κ3) is 3.51. The SMILES string of the molecule is Cc1cccc(OCC(C(=O)O)c2cccc(O)c2)c1. The van der Waals surface area contributed by atoms with Gasteiger partial charge < -0.3 is 14.9 Å². The summed E-state index contributed by atoms with van der Waals surface area (Å²) in [6.07, 6.45) is 0. The first-order chi connectivity index (χ1) is 9.56. The zero-order valence-electron chi connectivity index (χ0n) is 11.1. The number of carbonyl (C=O) groups is 1. The molecule has 0 aliphatic carbocycles. The average molecular weight is 272 g/mol. The first-order valence-corrected chi connectivity index (χ1v) is 6.27. The zero-order valence-corrected chi connectivity index (χ0v) is 11.1. The highest BCUT2D eigenvalue weighted by Gasteiger charge is 2.21. The molecule has 4 heteroatoms. The molecule has 0 radical (unpaired) electrons. The predicted octanol–water partition coefficient (Wildman–Crippen LogP) is 2.95. The van der Waals surface area contributed by atoms with Crippen LogP contribution in [0, 0.1) is 6.92 Å². The van der Waals surface area contributed by atoms with Gasteiger partial charge >= 0.3 is 5.97 Å². The Morgan fingerprint density at radius 2 is 1.95 bits per heavy atom. The monoisotopic (exact) mass is 272 g/mol. The summed E-state index contributed by atoms with van der Waals surface area (Å²) in [6.45, 7) is 1.96. The van der Waals surface area contributed by atoms with Crippen LogP contribution in [0.3, 0.4) is 0 Å². The van der Waals surface area contributed by atoms with E-state index in [1.807, 2.05) is 25.1 Å². The van der Waals surface area contributed by atoms with Crippen molar-refractivity contribution in [3.8, 4) is 11.5 Å². The maximum Gasteiger partial charge on any atom is 0.314 e. The summed E-state index contributed by atoms with van der Waals surface area (Å²) in [5, 5.41) is 18.7. The molecule has 0 saturated heterocycles. The number of hydrogen-bond acceptors (Lipinski definition) is 3. The van der Waals surface area contributed by atoms with E-state index in [9.17, 15) is 15.0 Å². The maximum absolute atomic E-state index is 11.3. The number of aliphatic carboxylic acids is 1. The first-order valence-electron chi connectivity index (χ1n) is 6.27. The Morgan fingerprint density at radius 1 is 1.20 bits per heavy atom. The van der Waals surface area contributed by atoms with Crippen molar-refractivity contribution < 1.29 is 19.7 Å². The lowest BCUT2D eigenvalue weighted by Crippen LogP contribution is -2.19. The highest BCUT2D eigenvalue weighted by molar-refractivity contribution is 5.76. The van der Waals surface area contributed by atoms with Crippen molar-refractivity contribution in [1.82, 2.24) is 0 Å². The van der Waals surface area contributed by atoms with Gasteiger partial charge in [0.2, 0.25) is 0 Å². The number of carboxylic acids is 1. The van der Waals surface area contributed by atoms with Crippen LogP contribution >= 0.6 is 0 Å². The van der Waals surface area contributed by atoms with Gasteiger partial charge in [-0.1, -0.05) is 24.3 Å². The quantitative estimate of drug-likeness (QED) is 0.878. The summed E-state index contributed by atoms with van der Waals surface area (Å²) in [6, 6.07) is 13.7. The molecule has 0 saturated carbocycles. The van der Waals surface area contributed by atoms with Crippen LogP contribution in [0.5, 0.6) is 11.5 Å². The lowest BCUT2D eigenvalue weighted by atomic mass is 10.00. The lowest BCUT2D eigenvalue weighted by Gasteiger charge is -2.14. The van der Waals surface area contributed by atoms with Gasteiger partial charge in [-0.25, -0.2) is 0 Å². The molecule has 0 heterocycles. The van der Waals surface area contributed by atoms with E-state index < -0.39 is 11.9 Å². The van der Waals surface area contributed by atoms with Gasteiger partial charge in [-0.15, -0.1) is 0 Å². The lowest BCUT2D eigenvalue weighted by molar-refractivity contribution is -0.139. The van der Waals surface area contributed by atoms with E-state index >= 15 is 0 Å².